The van der Waals surface area contributed by atoms with Gasteiger partial charge in [0.15, 0.2) is 11.5 Å². The predicted octanol–water partition coefficient (Wildman–Crippen LogP) is 3.02. The van der Waals surface area contributed by atoms with Gasteiger partial charge >= 0.3 is 0 Å². The number of ether oxygens (including phenoxy) is 2. The number of anilines is 1. The topological polar surface area (TPSA) is 62.3 Å². The van der Waals surface area contributed by atoms with E-state index in [1.165, 1.54) is 5.56 Å². The van der Waals surface area contributed by atoms with Crippen LogP contribution in [0.3, 0.4) is 0 Å². The van der Waals surface area contributed by atoms with Gasteiger partial charge in [-0.1, -0.05) is 12.1 Å². The van der Waals surface area contributed by atoms with E-state index in [4.69, 9.17) is 9.47 Å². The van der Waals surface area contributed by atoms with Gasteiger partial charge in [0.25, 0.3) is 0 Å². The first kappa shape index (κ1) is 23.1. The van der Waals surface area contributed by atoms with Gasteiger partial charge in [-0.3, -0.25) is 14.5 Å². The average Bonchev–Trinajstić information content (AvgIpc) is 3.22. The van der Waals surface area contributed by atoms with Crippen LogP contribution in [0.1, 0.15) is 23.1 Å². The molecule has 1 atom stereocenters. The monoisotopic (exact) mass is 451 g/mol. The minimum absolute atomic E-state index is 0.0305. The van der Waals surface area contributed by atoms with Crippen LogP contribution in [0.25, 0.3) is 0 Å². The maximum Gasteiger partial charge on any atom is 0.239 e. The highest BCUT2D eigenvalue weighted by atomic mass is 16.5. The molecule has 0 spiro atoms. The van der Waals surface area contributed by atoms with Crippen molar-refractivity contribution in [2.24, 2.45) is 5.92 Å². The van der Waals surface area contributed by atoms with Crippen molar-refractivity contribution >= 4 is 17.5 Å². The maximum absolute atomic E-state index is 13.2. The average molecular weight is 452 g/mol. The second kappa shape index (κ2) is 9.83. The molecule has 2 aromatic carbocycles. The Morgan fingerprint density at radius 1 is 0.909 bits per heavy atom. The zero-order valence-corrected chi connectivity index (χ0v) is 20.0. The number of hydrogen-bond donors (Lipinski definition) is 0. The molecule has 4 rings (SSSR count). The first-order chi connectivity index (χ1) is 15.9. The minimum atomic E-state index is -0.566. The molecule has 2 amide bonds. The highest BCUT2D eigenvalue weighted by Gasteiger charge is 2.40. The van der Waals surface area contributed by atoms with Gasteiger partial charge in [-0.15, -0.1) is 0 Å². The summed E-state index contributed by atoms with van der Waals surface area (Å²) in [4.78, 5) is 32.2. The Hall–Kier alpha value is -3.06. The lowest BCUT2D eigenvalue weighted by atomic mass is 10.1. The molecule has 2 aliphatic heterocycles. The second-order valence-corrected chi connectivity index (χ2v) is 8.89. The highest BCUT2D eigenvalue weighted by molar-refractivity contribution is 6.09. The van der Waals surface area contributed by atoms with E-state index in [1.54, 1.807) is 19.1 Å². The van der Waals surface area contributed by atoms with Crippen LogP contribution in [0.2, 0.25) is 0 Å². The van der Waals surface area contributed by atoms with E-state index in [1.807, 2.05) is 48.2 Å². The Morgan fingerprint density at radius 2 is 1.64 bits per heavy atom. The van der Waals surface area contributed by atoms with Crippen LogP contribution < -0.4 is 14.4 Å². The van der Waals surface area contributed by atoms with Gasteiger partial charge in [-0.2, -0.15) is 0 Å². The fourth-order valence-electron chi connectivity index (χ4n) is 4.64. The van der Waals surface area contributed by atoms with Crippen LogP contribution in [0, 0.1) is 19.8 Å². The van der Waals surface area contributed by atoms with E-state index in [0.717, 1.165) is 42.2 Å². The Bertz CT molecular complexity index is 1030. The van der Waals surface area contributed by atoms with Gasteiger partial charge in [0.05, 0.1) is 14.2 Å². The van der Waals surface area contributed by atoms with Crippen LogP contribution in [0.15, 0.2) is 36.4 Å². The van der Waals surface area contributed by atoms with Crippen LogP contribution in [0.4, 0.5) is 5.69 Å². The van der Waals surface area contributed by atoms with Crippen molar-refractivity contribution in [1.29, 1.82) is 0 Å². The lowest BCUT2D eigenvalue weighted by Gasteiger charge is -2.35. The number of rotatable bonds is 6. The molecule has 0 saturated carbocycles. The second-order valence-electron chi connectivity index (χ2n) is 8.89. The normalized spacial score (nSPS) is 19.2. The molecule has 176 valence electrons. The lowest BCUT2D eigenvalue weighted by molar-refractivity contribution is -0.141. The SMILES string of the molecule is COc1ccc(CN2CCN(C(=O)C3CCN(c4ccc(C)c(C)c4)C3=O)CC2)cc1OC. The molecule has 7 nitrogen and oxygen atoms in total. The standard InChI is InChI=1S/C26H33N3O4/c1-18-5-7-21(15-19(18)2)29-10-9-22(26(29)31)25(30)28-13-11-27(12-14-28)17-20-6-8-23(32-3)24(16-20)33-4/h5-8,15-16,22H,9-14,17H2,1-4H3. The number of benzene rings is 2. The summed E-state index contributed by atoms with van der Waals surface area (Å²) in [5.41, 5.74) is 4.38. The van der Waals surface area contributed by atoms with Crippen molar-refractivity contribution in [2.75, 3.05) is 51.8 Å². The van der Waals surface area contributed by atoms with Crippen molar-refractivity contribution in [3.63, 3.8) is 0 Å². The number of amides is 2. The van der Waals surface area contributed by atoms with Crippen molar-refractivity contribution in [2.45, 2.75) is 26.8 Å². The molecular formula is C26H33N3O4. The summed E-state index contributed by atoms with van der Waals surface area (Å²) < 4.78 is 10.7. The predicted molar refractivity (Wildman–Crippen MR) is 128 cm³/mol. The molecule has 0 N–H and O–H groups in total. The van der Waals surface area contributed by atoms with Gasteiger partial charge in [0, 0.05) is 45.0 Å². The summed E-state index contributed by atoms with van der Waals surface area (Å²) in [5.74, 6) is 0.766. The molecule has 2 aliphatic rings. The molecule has 0 aromatic heterocycles. The number of hydrogen-bond acceptors (Lipinski definition) is 5. The molecule has 2 heterocycles. The summed E-state index contributed by atoms with van der Waals surface area (Å²) in [6, 6.07) is 12.0. The van der Waals surface area contributed by atoms with Crippen LogP contribution >= 0.6 is 0 Å². The molecule has 2 fully saturated rings. The van der Waals surface area contributed by atoms with Gasteiger partial charge < -0.3 is 19.3 Å². The third-order valence-corrected chi connectivity index (χ3v) is 6.84. The largest absolute Gasteiger partial charge is 0.493 e. The van der Waals surface area contributed by atoms with Gasteiger partial charge in [-0.25, -0.2) is 0 Å². The van der Waals surface area contributed by atoms with Gasteiger partial charge in [-0.05, 0) is 61.2 Å². The zero-order valence-electron chi connectivity index (χ0n) is 20.0. The zero-order chi connectivity index (χ0) is 23.5. The smallest absolute Gasteiger partial charge is 0.239 e. The molecular weight excluding hydrogens is 418 g/mol. The van der Waals surface area contributed by atoms with E-state index in [-0.39, 0.29) is 11.8 Å². The molecule has 2 aromatic rings. The van der Waals surface area contributed by atoms with E-state index in [2.05, 4.69) is 11.8 Å². The number of piperazine rings is 1. The summed E-state index contributed by atoms with van der Waals surface area (Å²) in [5, 5.41) is 0. The Kier molecular flexibility index (Phi) is 6.88. The number of nitrogens with zero attached hydrogens (tertiary/aromatic N) is 3. The number of methoxy groups -OCH3 is 2. The summed E-state index contributed by atoms with van der Waals surface area (Å²) in [6.45, 7) is 8.32. The van der Waals surface area contributed by atoms with Gasteiger partial charge in [0.1, 0.15) is 5.92 Å². The molecule has 33 heavy (non-hydrogen) atoms. The Morgan fingerprint density at radius 3 is 2.30 bits per heavy atom. The highest BCUT2D eigenvalue weighted by Crippen LogP contribution is 2.30. The molecule has 1 unspecified atom stereocenters. The molecule has 7 heteroatoms. The van der Waals surface area contributed by atoms with E-state index in [9.17, 15) is 9.59 Å². The molecule has 0 aliphatic carbocycles. The minimum Gasteiger partial charge on any atom is -0.493 e. The van der Waals surface area contributed by atoms with Crippen LogP contribution in [-0.2, 0) is 16.1 Å². The van der Waals surface area contributed by atoms with Crippen molar-refractivity contribution in [3.05, 3.63) is 53.1 Å². The number of carbonyl (C=O) groups is 2. The summed E-state index contributed by atoms with van der Waals surface area (Å²) >= 11 is 0. The van der Waals surface area contributed by atoms with Crippen molar-refractivity contribution in [1.82, 2.24) is 9.80 Å². The quantitative estimate of drug-likeness (QED) is 0.632. The third-order valence-electron chi connectivity index (χ3n) is 6.84. The first-order valence-electron chi connectivity index (χ1n) is 11.5. The fraction of sp³-hybridized carbons (Fsp3) is 0.462. The molecule has 2 saturated heterocycles. The van der Waals surface area contributed by atoms with Crippen LogP contribution in [-0.4, -0.2) is 68.6 Å². The maximum atomic E-state index is 13.2. The summed E-state index contributed by atoms with van der Waals surface area (Å²) in [6.07, 6.45) is 0.580. The molecule has 0 bridgehead atoms. The first-order valence-corrected chi connectivity index (χ1v) is 11.5. The number of carbonyl (C=O) groups excluding carboxylic acids is 2. The van der Waals surface area contributed by atoms with Crippen molar-refractivity contribution < 1.29 is 19.1 Å². The van der Waals surface area contributed by atoms with E-state index in [0.29, 0.717) is 31.8 Å². The Balaban J connectivity index is 1.33. The van der Waals surface area contributed by atoms with Crippen LogP contribution in [0.5, 0.6) is 11.5 Å². The van der Waals surface area contributed by atoms with Gasteiger partial charge in [0.2, 0.25) is 11.8 Å². The lowest BCUT2D eigenvalue weighted by Crippen LogP contribution is -2.51. The van der Waals surface area contributed by atoms with Crippen molar-refractivity contribution in [3.8, 4) is 11.5 Å². The van der Waals surface area contributed by atoms with E-state index < -0.39 is 5.92 Å². The summed E-state index contributed by atoms with van der Waals surface area (Å²) in [7, 11) is 3.27. The fourth-order valence-corrected chi connectivity index (χ4v) is 4.64. The van der Waals surface area contributed by atoms with E-state index >= 15 is 0 Å². The Labute approximate surface area is 195 Å². The molecule has 0 radical (unpaired) electrons. The third kappa shape index (κ3) is 4.83. The number of aryl methyl sites for hydroxylation is 2.